The number of esters is 5. The van der Waals surface area contributed by atoms with Crippen molar-refractivity contribution in [2.45, 2.75) is 159 Å². The Kier molecular flexibility index (Phi) is 14.6. The van der Waals surface area contributed by atoms with Crippen LogP contribution >= 0.6 is 0 Å². The van der Waals surface area contributed by atoms with Crippen molar-refractivity contribution in [2.75, 3.05) is 13.2 Å². The third kappa shape index (κ3) is 9.85. The number of carbonyl (C=O) groups is 8. The van der Waals surface area contributed by atoms with Crippen molar-refractivity contribution in [3.63, 3.8) is 0 Å². The third-order valence-electron chi connectivity index (χ3n) is 14.2. The second-order valence-corrected chi connectivity index (χ2v) is 20.2. The van der Waals surface area contributed by atoms with E-state index in [1.807, 2.05) is 0 Å². The molecule has 0 radical (unpaired) electrons. The van der Waals surface area contributed by atoms with Gasteiger partial charge >= 0.3 is 35.9 Å². The number of hydrogen-bond acceptors (Lipinski definition) is 19. The first-order valence-electron chi connectivity index (χ1n) is 22.6. The molecule has 1 aliphatic heterocycles. The molecule has 0 aromatic heterocycles. The van der Waals surface area contributed by atoms with E-state index in [1.54, 1.807) is 39.0 Å². The van der Waals surface area contributed by atoms with Gasteiger partial charge in [-0.25, -0.2) is 19.2 Å². The number of nitrogens with one attached hydrogen (secondary N) is 1. The average molecular weight is 958 g/mol. The Morgan fingerprint density at radius 3 is 2.19 bits per heavy atom. The number of nitrogens with two attached hydrogens (primary N) is 2. The van der Waals surface area contributed by atoms with E-state index in [0.29, 0.717) is 12.8 Å². The maximum absolute atomic E-state index is 15.1. The first-order valence-corrected chi connectivity index (χ1v) is 22.6. The van der Waals surface area contributed by atoms with E-state index in [-0.39, 0.29) is 36.2 Å². The van der Waals surface area contributed by atoms with E-state index in [9.17, 15) is 48.9 Å². The number of fused-ring (bicyclic) bond motifs is 5. The molecule has 0 spiro atoms. The van der Waals surface area contributed by atoms with Crippen molar-refractivity contribution < 1.29 is 86.8 Å². The minimum atomic E-state index is -2.46. The maximum Gasteiger partial charge on any atom is 0.408 e. The molecule has 68 heavy (non-hydrogen) atoms. The summed E-state index contributed by atoms with van der Waals surface area (Å²) in [6, 6.07) is 5.24. The first-order chi connectivity index (χ1) is 31.6. The number of primary amides is 1. The Morgan fingerprint density at radius 2 is 1.63 bits per heavy atom. The van der Waals surface area contributed by atoms with E-state index in [4.69, 9.17) is 44.6 Å². The third-order valence-corrected chi connectivity index (χ3v) is 14.2. The quantitative estimate of drug-likeness (QED) is 0.0811. The van der Waals surface area contributed by atoms with Gasteiger partial charge in [0.2, 0.25) is 12.0 Å². The zero-order chi connectivity index (χ0) is 50.5. The Labute approximate surface area is 392 Å². The Morgan fingerprint density at radius 1 is 0.985 bits per heavy atom. The molecular formula is C47H63N3O18. The molecule has 6 rings (SSSR count). The molecule has 1 saturated heterocycles. The number of hydrogen-bond donors (Lipinski definition) is 6. The van der Waals surface area contributed by atoms with Crippen molar-refractivity contribution in [2.24, 2.45) is 34.1 Å². The maximum atomic E-state index is 15.1. The van der Waals surface area contributed by atoms with Crippen LogP contribution in [0.15, 0.2) is 41.5 Å². The molecule has 374 valence electrons. The highest BCUT2D eigenvalue weighted by Gasteiger charge is 2.78. The van der Waals surface area contributed by atoms with Crippen LogP contribution in [0.5, 0.6) is 0 Å². The summed E-state index contributed by atoms with van der Waals surface area (Å²) < 4.78 is 40.5. The van der Waals surface area contributed by atoms with Gasteiger partial charge < -0.3 is 65.3 Å². The smallest absolute Gasteiger partial charge is 0.408 e. The highest BCUT2D eigenvalue weighted by atomic mass is 16.6. The van der Waals surface area contributed by atoms with Crippen LogP contribution in [0.4, 0.5) is 4.79 Å². The van der Waals surface area contributed by atoms with Crippen molar-refractivity contribution in [3.8, 4) is 0 Å². The summed E-state index contributed by atoms with van der Waals surface area (Å²) in [5.74, 6) is -9.17. The summed E-state index contributed by atoms with van der Waals surface area (Å²) in [4.78, 5) is 108. The van der Waals surface area contributed by atoms with Crippen LogP contribution in [0.25, 0.3) is 0 Å². The largest absolute Gasteiger partial charge is 0.455 e. The van der Waals surface area contributed by atoms with E-state index in [0.717, 1.165) is 6.92 Å². The summed E-state index contributed by atoms with van der Waals surface area (Å²) in [5.41, 5.74) is 1.63. The number of benzene rings is 1. The van der Waals surface area contributed by atoms with Crippen molar-refractivity contribution in [1.29, 1.82) is 0 Å². The monoisotopic (exact) mass is 957 g/mol. The van der Waals surface area contributed by atoms with E-state index in [1.165, 1.54) is 39.8 Å². The number of Topliss-reactive ketones (excluding diaryl/α,β-unsaturated/α-hetero) is 1. The lowest BCUT2D eigenvalue weighted by Crippen LogP contribution is -2.81. The lowest BCUT2D eigenvalue weighted by atomic mass is 9.44. The number of ether oxygens (including phenoxy) is 7. The van der Waals surface area contributed by atoms with E-state index < -0.39 is 155 Å². The van der Waals surface area contributed by atoms with Crippen LogP contribution in [0.3, 0.4) is 0 Å². The fraction of sp³-hybridized carbons (Fsp3) is 0.660. The Balaban J connectivity index is 1.43. The standard InChI is InChI=1S/C47H63N3O18/c1-22-27(64-41(59)35(33(24-14-15-24)50-42(60)68-43(3,4)5)65-31(54)20-62-30(53)17-16-26(48)39(49)57)19-47(61)38(66-40(58)25-12-10-9-11-13-25)36-45(8,37(56)34(55)32(22)44(47,6)7)28(52)18-29-46(36,21-63-29)67-23(2)51/h9-13,24,26-29,33-36,38,52,55,61H,14-21,48H2,1-8H3,(H2,49,57)(H,50,60)/t26-,27-,28-,29+,33-,34+,35+,36-,38-,45+,46-,47+/m0/s1. The number of aliphatic hydroxyl groups is 3. The van der Waals surface area contributed by atoms with Crippen LogP contribution < -0.4 is 16.8 Å². The molecule has 1 aromatic carbocycles. The zero-order valence-corrected chi connectivity index (χ0v) is 39.4. The second-order valence-electron chi connectivity index (χ2n) is 20.2. The van der Waals surface area contributed by atoms with Crippen LogP contribution in [-0.4, -0.2) is 142 Å². The van der Waals surface area contributed by atoms with Crippen molar-refractivity contribution >= 4 is 47.6 Å². The molecule has 2 amide bonds. The Bertz CT molecular complexity index is 2220. The molecule has 4 fully saturated rings. The van der Waals surface area contributed by atoms with Gasteiger partial charge in [0.1, 0.15) is 35.6 Å². The van der Waals surface area contributed by atoms with Gasteiger partial charge in [-0.3, -0.25) is 19.2 Å². The predicted molar refractivity (Wildman–Crippen MR) is 232 cm³/mol. The number of alkyl carbamates (subject to hydrolysis) is 1. The summed E-state index contributed by atoms with van der Waals surface area (Å²) in [6.45, 7) is 10.4. The minimum absolute atomic E-state index is 0.0299. The molecule has 0 unspecified atom stereocenters. The first kappa shape index (κ1) is 51.9. The number of amides is 2. The molecule has 8 N–H and O–H groups in total. The fourth-order valence-corrected chi connectivity index (χ4v) is 10.4. The van der Waals surface area contributed by atoms with Gasteiger partial charge in [-0.1, -0.05) is 32.0 Å². The predicted octanol–water partition coefficient (Wildman–Crippen LogP) is 0.984. The number of rotatable bonds is 15. The van der Waals surface area contributed by atoms with Crippen LogP contribution in [0.1, 0.15) is 104 Å². The van der Waals surface area contributed by atoms with Crippen LogP contribution in [-0.2, 0) is 61.9 Å². The summed E-state index contributed by atoms with van der Waals surface area (Å²) in [7, 11) is 0. The summed E-state index contributed by atoms with van der Waals surface area (Å²) in [6.07, 6.45) is -11.7. The van der Waals surface area contributed by atoms with E-state index in [2.05, 4.69) is 5.32 Å². The van der Waals surface area contributed by atoms with Gasteiger partial charge in [-0.15, -0.1) is 0 Å². The highest BCUT2D eigenvalue weighted by molar-refractivity contribution is 5.94. The van der Waals surface area contributed by atoms with E-state index >= 15 is 4.79 Å². The summed E-state index contributed by atoms with van der Waals surface area (Å²) in [5, 5.41) is 40.5. The molecule has 2 bridgehead atoms. The van der Waals surface area contributed by atoms with Gasteiger partial charge in [0.05, 0.1) is 41.7 Å². The Hall–Kier alpha value is -5.48. The highest BCUT2D eigenvalue weighted by Crippen LogP contribution is 2.64. The van der Waals surface area contributed by atoms with Gasteiger partial charge in [-0.05, 0) is 83.1 Å². The molecule has 4 aliphatic carbocycles. The lowest BCUT2D eigenvalue weighted by molar-refractivity contribution is -0.346. The average Bonchev–Trinajstić information content (AvgIpc) is 4.10. The molecule has 1 aromatic rings. The second kappa shape index (κ2) is 19.1. The molecule has 3 saturated carbocycles. The molecular weight excluding hydrogens is 895 g/mol. The molecule has 12 atom stereocenters. The SMILES string of the molecule is CC(=O)O[C@@]12CO[C@@H]1C[C@H](O)[C@@]1(C)C(=O)[C@H](O)C3=C(C)[C@@H](OC(=O)[C@H](OC(=O)COC(=O)CC[C@H](N)C(N)=O)[C@@H](NC(=O)OC(C)(C)C)C4CC4)C[C@@](O)([C@@H](OC(=O)c4ccccc4)[C@H]21)C3(C)C. The molecule has 5 aliphatic rings. The number of aliphatic hydroxyl groups excluding tert-OH is 2. The number of carbonyl (C=O) groups excluding carboxylic acids is 8. The van der Waals surface area contributed by atoms with Gasteiger partial charge in [0.25, 0.3) is 0 Å². The van der Waals surface area contributed by atoms with Crippen LogP contribution in [0, 0.1) is 22.7 Å². The minimum Gasteiger partial charge on any atom is -0.455 e. The molecule has 1 heterocycles. The number of ketones is 1. The van der Waals surface area contributed by atoms with Gasteiger partial charge in [-0.2, -0.15) is 0 Å². The van der Waals surface area contributed by atoms with Crippen molar-refractivity contribution in [1.82, 2.24) is 5.32 Å². The zero-order valence-electron chi connectivity index (χ0n) is 39.4. The molecule has 21 nitrogen and oxygen atoms in total. The molecule has 21 heteroatoms. The topological polar surface area (TPSA) is 326 Å². The van der Waals surface area contributed by atoms with Crippen LogP contribution in [0.2, 0.25) is 0 Å². The summed E-state index contributed by atoms with van der Waals surface area (Å²) >= 11 is 0. The lowest BCUT2D eigenvalue weighted by Gasteiger charge is -2.67. The normalized spacial score (nSPS) is 31.9. The van der Waals surface area contributed by atoms with Crippen molar-refractivity contribution in [3.05, 3.63) is 47.0 Å². The van der Waals surface area contributed by atoms with Gasteiger partial charge in [0, 0.05) is 31.6 Å². The van der Waals surface area contributed by atoms with Gasteiger partial charge in [0.15, 0.2) is 18.0 Å². The fourth-order valence-electron chi connectivity index (χ4n) is 10.4.